The second-order valence-corrected chi connectivity index (χ2v) is 6.67. The predicted octanol–water partition coefficient (Wildman–Crippen LogP) is 3.99. The van der Waals surface area contributed by atoms with Gasteiger partial charge in [0.25, 0.3) is 0 Å². The van der Waals surface area contributed by atoms with Gasteiger partial charge in [0.1, 0.15) is 5.82 Å². The van der Waals surface area contributed by atoms with Crippen molar-refractivity contribution in [2.45, 2.75) is 32.3 Å². The Morgan fingerprint density at radius 2 is 2.00 bits per heavy atom. The van der Waals surface area contributed by atoms with Crippen molar-refractivity contribution in [2.24, 2.45) is 7.05 Å². The molecule has 1 N–H and O–H groups in total. The van der Waals surface area contributed by atoms with Crippen LogP contribution in [0.3, 0.4) is 0 Å². The van der Waals surface area contributed by atoms with E-state index in [2.05, 4.69) is 10.4 Å². The van der Waals surface area contributed by atoms with E-state index < -0.39 is 0 Å². The lowest BCUT2D eigenvalue weighted by Crippen LogP contribution is -2.24. The molecule has 122 valence electrons. The first-order valence-corrected chi connectivity index (χ1v) is 8.09. The molecule has 0 fully saturated rings. The Kier molecular flexibility index (Phi) is 4.25. The first kappa shape index (κ1) is 16.1. The molecule has 3 rings (SSSR count). The van der Waals surface area contributed by atoms with Crippen molar-refractivity contribution in [1.29, 1.82) is 0 Å². The number of carbonyl (C=O) groups excluding carboxylic acids is 1. The number of anilines is 1. The number of benzene rings is 1. The van der Waals surface area contributed by atoms with Crippen molar-refractivity contribution in [2.75, 3.05) is 5.32 Å². The minimum absolute atomic E-state index is 0.0266. The van der Waals surface area contributed by atoms with Crippen molar-refractivity contribution in [3.8, 4) is 5.75 Å². The summed E-state index contributed by atoms with van der Waals surface area (Å²) in [5, 5.41) is 7.95. The Bertz CT molecular complexity index is 748. The number of nitrogens with zero attached hydrogens (tertiary/aromatic N) is 2. The molecule has 1 aromatic carbocycles. The van der Waals surface area contributed by atoms with Crippen LogP contribution in [-0.2, 0) is 11.8 Å². The van der Waals surface area contributed by atoms with Gasteiger partial charge in [-0.1, -0.05) is 23.2 Å². The lowest BCUT2D eigenvalue weighted by Gasteiger charge is -2.24. The second kappa shape index (κ2) is 6.06. The number of aromatic nitrogens is 2. The molecule has 0 unspecified atom stereocenters. The summed E-state index contributed by atoms with van der Waals surface area (Å²) in [5.74, 6) is 0.996. The molecule has 0 radical (unpaired) electrons. The standard InChI is InChI=1S/C16H17Cl2N3O2/c1-8(2)23-15-12(17)4-9(5-13(15)18)10-6-14(22)20-16-11(10)7-19-21(16)3/h4-5,7-8,10H,6H2,1-3H3,(H,20,22)/t10-/m1/s1. The van der Waals surface area contributed by atoms with E-state index in [1.165, 1.54) is 0 Å². The minimum atomic E-state index is -0.129. The van der Waals surface area contributed by atoms with Crippen LogP contribution in [0.4, 0.5) is 5.82 Å². The van der Waals surface area contributed by atoms with Gasteiger partial charge in [-0.15, -0.1) is 0 Å². The Morgan fingerprint density at radius 3 is 2.61 bits per heavy atom. The lowest BCUT2D eigenvalue weighted by molar-refractivity contribution is -0.116. The molecule has 0 aliphatic carbocycles. The predicted molar refractivity (Wildman–Crippen MR) is 90.5 cm³/mol. The van der Waals surface area contributed by atoms with Gasteiger partial charge < -0.3 is 10.1 Å². The summed E-state index contributed by atoms with van der Waals surface area (Å²) in [6.45, 7) is 3.82. The summed E-state index contributed by atoms with van der Waals surface area (Å²) in [5.41, 5.74) is 1.83. The number of hydrogen-bond donors (Lipinski definition) is 1. The van der Waals surface area contributed by atoms with E-state index in [0.29, 0.717) is 28.0 Å². The number of halogens is 2. The highest BCUT2D eigenvalue weighted by molar-refractivity contribution is 6.37. The van der Waals surface area contributed by atoms with Crippen molar-refractivity contribution in [1.82, 2.24) is 9.78 Å². The third-order valence-electron chi connectivity index (χ3n) is 3.77. The molecule has 1 aromatic heterocycles. The number of fused-ring (bicyclic) bond motifs is 1. The number of amides is 1. The normalized spacial score (nSPS) is 17.1. The molecule has 2 heterocycles. The molecule has 23 heavy (non-hydrogen) atoms. The van der Waals surface area contributed by atoms with E-state index in [9.17, 15) is 4.79 Å². The average Bonchev–Trinajstić information content (AvgIpc) is 2.83. The van der Waals surface area contributed by atoms with Gasteiger partial charge >= 0.3 is 0 Å². The van der Waals surface area contributed by atoms with Crippen LogP contribution in [0.5, 0.6) is 5.75 Å². The third kappa shape index (κ3) is 3.03. The van der Waals surface area contributed by atoms with Crippen LogP contribution < -0.4 is 10.1 Å². The van der Waals surface area contributed by atoms with E-state index in [1.54, 1.807) is 17.9 Å². The van der Waals surface area contributed by atoms with E-state index >= 15 is 0 Å². The molecule has 1 aliphatic rings. The fourth-order valence-electron chi connectivity index (χ4n) is 2.77. The summed E-state index contributed by atoms with van der Waals surface area (Å²) >= 11 is 12.7. The number of nitrogens with one attached hydrogen (secondary N) is 1. The van der Waals surface area contributed by atoms with E-state index in [0.717, 1.165) is 11.1 Å². The molecule has 0 spiro atoms. The first-order valence-electron chi connectivity index (χ1n) is 7.34. The Labute approximate surface area is 144 Å². The molecule has 7 heteroatoms. The van der Waals surface area contributed by atoms with Gasteiger partial charge in [-0.25, -0.2) is 0 Å². The minimum Gasteiger partial charge on any atom is -0.488 e. The molecule has 0 bridgehead atoms. The van der Waals surface area contributed by atoms with Gasteiger partial charge in [-0.05, 0) is 31.5 Å². The number of aryl methyl sites for hydroxylation is 1. The monoisotopic (exact) mass is 353 g/mol. The Hall–Kier alpha value is -1.72. The summed E-state index contributed by atoms with van der Waals surface area (Å²) in [6.07, 6.45) is 2.07. The zero-order valence-corrected chi connectivity index (χ0v) is 14.6. The van der Waals surface area contributed by atoms with Crippen molar-refractivity contribution >= 4 is 34.9 Å². The van der Waals surface area contributed by atoms with Crippen LogP contribution in [0.2, 0.25) is 10.0 Å². The van der Waals surface area contributed by atoms with E-state index in [4.69, 9.17) is 27.9 Å². The smallest absolute Gasteiger partial charge is 0.226 e. The van der Waals surface area contributed by atoms with Crippen molar-refractivity contribution in [3.63, 3.8) is 0 Å². The van der Waals surface area contributed by atoms with Crippen LogP contribution >= 0.6 is 23.2 Å². The zero-order valence-electron chi connectivity index (χ0n) is 13.1. The Balaban J connectivity index is 2.04. The zero-order chi connectivity index (χ0) is 16.7. The topological polar surface area (TPSA) is 56.1 Å². The van der Waals surface area contributed by atoms with Crippen LogP contribution in [0, 0.1) is 0 Å². The average molecular weight is 354 g/mol. The quantitative estimate of drug-likeness (QED) is 0.907. The van der Waals surface area contributed by atoms with Crippen LogP contribution in [0.1, 0.15) is 37.3 Å². The van der Waals surface area contributed by atoms with E-state index in [-0.39, 0.29) is 17.9 Å². The number of carbonyl (C=O) groups is 1. The number of hydrogen-bond acceptors (Lipinski definition) is 3. The van der Waals surface area contributed by atoms with Crippen LogP contribution in [-0.4, -0.2) is 21.8 Å². The summed E-state index contributed by atoms with van der Waals surface area (Å²) in [6, 6.07) is 3.62. The lowest BCUT2D eigenvalue weighted by atomic mass is 9.87. The van der Waals surface area contributed by atoms with Crippen LogP contribution in [0.25, 0.3) is 0 Å². The van der Waals surface area contributed by atoms with Gasteiger partial charge in [0, 0.05) is 24.9 Å². The highest BCUT2D eigenvalue weighted by Crippen LogP contribution is 2.42. The second-order valence-electron chi connectivity index (χ2n) is 5.86. The fraction of sp³-hybridized carbons (Fsp3) is 0.375. The van der Waals surface area contributed by atoms with Gasteiger partial charge in [-0.2, -0.15) is 5.10 Å². The maximum atomic E-state index is 12.0. The van der Waals surface area contributed by atoms with Crippen molar-refractivity contribution < 1.29 is 9.53 Å². The van der Waals surface area contributed by atoms with Gasteiger partial charge in [-0.3, -0.25) is 9.48 Å². The molecule has 0 saturated carbocycles. The number of ether oxygens (including phenoxy) is 1. The van der Waals surface area contributed by atoms with Gasteiger partial charge in [0.15, 0.2) is 5.75 Å². The fourth-order valence-corrected chi connectivity index (χ4v) is 3.36. The maximum Gasteiger partial charge on any atom is 0.226 e. The molecule has 1 aliphatic heterocycles. The molecular formula is C16H17Cl2N3O2. The van der Waals surface area contributed by atoms with Crippen LogP contribution in [0.15, 0.2) is 18.3 Å². The number of rotatable bonds is 3. The van der Waals surface area contributed by atoms with Gasteiger partial charge in [0.05, 0.1) is 22.3 Å². The summed E-state index contributed by atoms with van der Waals surface area (Å²) in [4.78, 5) is 12.0. The molecule has 5 nitrogen and oxygen atoms in total. The molecule has 2 aromatic rings. The van der Waals surface area contributed by atoms with E-state index in [1.807, 2.05) is 26.0 Å². The summed E-state index contributed by atoms with van der Waals surface area (Å²) < 4.78 is 7.30. The molecular weight excluding hydrogens is 337 g/mol. The van der Waals surface area contributed by atoms with Gasteiger partial charge in [0.2, 0.25) is 5.91 Å². The highest BCUT2D eigenvalue weighted by atomic mass is 35.5. The SMILES string of the molecule is CC(C)Oc1c(Cl)cc([C@H]2CC(=O)Nc3c2cnn3C)cc1Cl. The largest absolute Gasteiger partial charge is 0.488 e. The van der Waals surface area contributed by atoms with Crippen molar-refractivity contribution in [3.05, 3.63) is 39.5 Å². The molecule has 1 amide bonds. The Morgan fingerprint density at radius 1 is 1.35 bits per heavy atom. The molecule has 0 saturated heterocycles. The third-order valence-corrected chi connectivity index (χ3v) is 4.33. The first-order chi connectivity index (χ1) is 10.9. The highest BCUT2D eigenvalue weighted by Gasteiger charge is 2.30. The maximum absolute atomic E-state index is 12.0. The summed E-state index contributed by atoms with van der Waals surface area (Å²) in [7, 11) is 1.79. The molecule has 1 atom stereocenters.